The van der Waals surface area contributed by atoms with Gasteiger partial charge in [-0.3, -0.25) is 0 Å². The van der Waals surface area contributed by atoms with Crippen LogP contribution in [0, 0.1) is 0 Å². The summed E-state index contributed by atoms with van der Waals surface area (Å²) in [6.07, 6.45) is 1.02. The average Bonchev–Trinajstić information content (AvgIpc) is 2.89. The molecule has 1 unspecified atom stereocenters. The van der Waals surface area contributed by atoms with E-state index in [0.717, 1.165) is 10.9 Å². The predicted octanol–water partition coefficient (Wildman–Crippen LogP) is 5.17. The van der Waals surface area contributed by atoms with E-state index in [9.17, 15) is 0 Å². The topological polar surface area (TPSA) is 12.0 Å². The summed E-state index contributed by atoms with van der Waals surface area (Å²) in [4.78, 5) is 0. The van der Waals surface area contributed by atoms with Crippen molar-refractivity contribution in [2.75, 3.05) is 7.05 Å². The van der Waals surface area contributed by atoms with Gasteiger partial charge in [0.25, 0.3) is 0 Å². The zero-order valence-corrected chi connectivity index (χ0v) is 13.7. The molecule has 0 radical (unpaired) electrons. The van der Waals surface area contributed by atoms with Gasteiger partial charge in [0, 0.05) is 15.2 Å². The number of likely N-dealkylation sites (N-methyl/N-ethyl adjacent to an activating group) is 1. The minimum absolute atomic E-state index is 0.348. The van der Waals surface area contributed by atoms with Gasteiger partial charge in [0.1, 0.15) is 0 Å². The van der Waals surface area contributed by atoms with Crippen LogP contribution in [-0.2, 0) is 6.42 Å². The monoisotopic (exact) mass is 345 g/mol. The van der Waals surface area contributed by atoms with Crippen LogP contribution in [-0.4, -0.2) is 7.05 Å². The summed E-state index contributed by atoms with van der Waals surface area (Å²) in [6.45, 7) is 0. The molecule has 0 aliphatic rings. The van der Waals surface area contributed by atoms with Gasteiger partial charge in [0.05, 0.1) is 0 Å². The molecule has 102 valence electrons. The quantitative estimate of drug-likeness (QED) is 0.687. The molecule has 0 aliphatic heterocycles. The van der Waals surface area contributed by atoms with Gasteiger partial charge in [0.2, 0.25) is 0 Å². The highest BCUT2D eigenvalue weighted by Crippen LogP contribution is 2.29. The van der Waals surface area contributed by atoms with Gasteiger partial charge in [-0.1, -0.05) is 46.3 Å². The molecule has 1 aromatic heterocycles. The third-order valence-corrected chi connectivity index (χ3v) is 5.15. The van der Waals surface area contributed by atoms with Crippen LogP contribution in [0.3, 0.4) is 0 Å². The first kappa shape index (κ1) is 13.8. The van der Waals surface area contributed by atoms with Gasteiger partial charge in [-0.15, -0.1) is 11.3 Å². The van der Waals surface area contributed by atoms with E-state index in [4.69, 9.17) is 0 Å². The molecule has 0 aliphatic carbocycles. The van der Waals surface area contributed by atoms with E-state index in [0.29, 0.717) is 6.04 Å². The van der Waals surface area contributed by atoms with Gasteiger partial charge < -0.3 is 5.32 Å². The third-order valence-electron chi connectivity index (χ3n) is 3.61. The van der Waals surface area contributed by atoms with Crippen molar-refractivity contribution in [3.05, 3.63) is 69.5 Å². The van der Waals surface area contributed by atoms with Crippen LogP contribution in [0.1, 0.15) is 17.2 Å². The third kappa shape index (κ3) is 2.80. The first-order valence-corrected chi connectivity index (χ1v) is 8.33. The maximum absolute atomic E-state index is 3.49. The molecule has 2 aromatic carbocycles. The molecule has 3 rings (SSSR count). The van der Waals surface area contributed by atoms with Crippen molar-refractivity contribution in [1.29, 1.82) is 0 Å². The molecule has 20 heavy (non-hydrogen) atoms. The van der Waals surface area contributed by atoms with E-state index in [1.807, 2.05) is 18.4 Å². The fourth-order valence-electron chi connectivity index (χ4n) is 2.49. The lowest BCUT2D eigenvalue weighted by Crippen LogP contribution is -2.18. The van der Waals surface area contributed by atoms with Crippen molar-refractivity contribution in [1.82, 2.24) is 5.32 Å². The van der Waals surface area contributed by atoms with E-state index in [2.05, 4.69) is 75.2 Å². The van der Waals surface area contributed by atoms with Crippen LogP contribution in [0.25, 0.3) is 10.1 Å². The summed E-state index contributed by atoms with van der Waals surface area (Å²) in [5.74, 6) is 0. The predicted molar refractivity (Wildman–Crippen MR) is 91.5 cm³/mol. The summed E-state index contributed by atoms with van der Waals surface area (Å²) in [5, 5.41) is 7.10. The molecule has 0 fully saturated rings. The van der Waals surface area contributed by atoms with Crippen molar-refractivity contribution in [2.24, 2.45) is 0 Å². The second kappa shape index (κ2) is 6.08. The molecule has 3 aromatic rings. The summed E-state index contributed by atoms with van der Waals surface area (Å²) >= 11 is 5.32. The van der Waals surface area contributed by atoms with Crippen LogP contribution >= 0.6 is 27.3 Å². The molecule has 1 N–H and O–H groups in total. The van der Waals surface area contributed by atoms with Gasteiger partial charge in [-0.05, 0) is 53.6 Å². The fourth-order valence-corrected chi connectivity index (χ4v) is 3.73. The number of hydrogen-bond donors (Lipinski definition) is 1. The molecule has 0 amide bonds. The SMILES string of the molecule is CNC(Cc1csc2ccccc12)c1ccc(Br)cc1. The number of halogens is 1. The Hall–Kier alpha value is -1.16. The van der Waals surface area contributed by atoms with Crippen molar-refractivity contribution in [2.45, 2.75) is 12.5 Å². The molecule has 0 saturated carbocycles. The Balaban J connectivity index is 1.89. The maximum Gasteiger partial charge on any atom is 0.0358 e. The zero-order chi connectivity index (χ0) is 13.9. The van der Waals surface area contributed by atoms with E-state index >= 15 is 0 Å². The first-order valence-electron chi connectivity index (χ1n) is 6.66. The molecule has 1 heterocycles. The zero-order valence-electron chi connectivity index (χ0n) is 11.3. The molecule has 1 nitrogen and oxygen atoms in total. The normalized spacial score (nSPS) is 12.7. The fraction of sp³-hybridized carbons (Fsp3) is 0.176. The molecular formula is C17H16BrNS. The van der Waals surface area contributed by atoms with E-state index in [1.165, 1.54) is 21.2 Å². The van der Waals surface area contributed by atoms with Crippen molar-refractivity contribution < 1.29 is 0 Å². The van der Waals surface area contributed by atoms with Crippen molar-refractivity contribution in [3.63, 3.8) is 0 Å². The lowest BCUT2D eigenvalue weighted by Gasteiger charge is -2.16. The molecular weight excluding hydrogens is 330 g/mol. The van der Waals surface area contributed by atoms with Crippen LogP contribution < -0.4 is 5.32 Å². The number of thiophene rings is 1. The maximum atomic E-state index is 3.49. The Bertz CT molecular complexity index is 702. The summed E-state index contributed by atoms with van der Waals surface area (Å²) in [6, 6.07) is 17.5. The summed E-state index contributed by atoms with van der Waals surface area (Å²) < 4.78 is 2.49. The standard InChI is InChI=1S/C17H16BrNS/c1-19-16(12-6-8-14(18)9-7-12)10-13-11-20-17-5-3-2-4-15(13)17/h2-9,11,16,19H,10H2,1H3. The molecule has 0 spiro atoms. The molecule has 0 saturated heterocycles. The lowest BCUT2D eigenvalue weighted by molar-refractivity contribution is 0.594. The highest BCUT2D eigenvalue weighted by Gasteiger charge is 2.12. The summed E-state index contributed by atoms with van der Waals surface area (Å²) in [5.41, 5.74) is 2.75. The van der Waals surface area contributed by atoms with Crippen molar-refractivity contribution >= 4 is 37.4 Å². The largest absolute Gasteiger partial charge is 0.313 e. The molecule has 1 atom stereocenters. The first-order chi connectivity index (χ1) is 9.78. The number of fused-ring (bicyclic) bond motifs is 1. The second-order valence-electron chi connectivity index (χ2n) is 4.85. The Labute approximate surface area is 131 Å². The van der Waals surface area contributed by atoms with Gasteiger partial charge in [0.15, 0.2) is 0 Å². The number of rotatable bonds is 4. The van der Waals surface area contributed by atoms with Crippen molar-refractivity contribution in [3.8, 4) is 0 Å². The second-order valence-corrected chi connectivity index (χ2v) is 6.68. The Kier molecular flexibility index (Phi) is 4.20. The van der Waals surface area contributed by atoms with E-state index in [1.54, 1.807) is 0 Å². The van der Waals surface area contributed by atoms with Crippen LogP contribution in [0.5, 0.6) is 0 Å². The average molecular weight is 346 g/mol. The Morgan fingerprint density at radius 2 is 1.85 bits per heavy atom. The molecule has 0 bridgehead atoms. The smallest absolute Gasteiger partial charge is 0.0358 e. The Morgan fingerprint density at radius 3 is 2.60 bits per heavy atom. The molecule has 3 heteroatoms. The lowest BCUT2D eigenvalue weighted by atomic mass is 9.99. The van der Waals surface area contributed by atoms with E-state index < -0.39 is 0 Å². The highest BCUT2D eigenvalue weighted by molar-refractivity contribution is 9.10. The highest BCUT2D eigenvalue weighted by atomic mass is 79.9. The van der Waals surface area contributed by atoms with Crippen LogP contribution in [0.15, 0.2) is 58.4 Å². The minimum Gasteiger partial charge on any atom is -0.313 e. The number of benzene rings is 2. The summed E-state index contributed by atoms with van der Waals surface area (Å²) in [7, 11) is 2.03. The van der Waals surface area contributed by atoms with Gasteiger partial charge >= 0.3 is 0 Å². The van der Waals surface area contributed by atoms with E-state index in [-0.39, 0.29) is 0 Å². The Morgan fingerprint density at radius 1 is 1.10 bits per heavy atom. The van der Waals surface area contributed by atoms with Crippen LogP contribution in [0.2, 0.25) is 0 Å². The minimum atomic E-state index is 0.348. The number of nitrogens with one attached hydrogen (secondary N) is 1. The van der Waals surface area contributed by atoms with Gasteiger partial charge in [-0.25, -0.2) is 0 Å². The van der Waals surface area contributed by atoms with Gasteiger partial charge in [-0.2, -0.15) is 0 Å². The number of hydrogen-bond acceptors (Lipinski definition) is 2. The van der Waals surface area contributed by atoms with Crippen LogP contribution in [0.4, 0.5) is 0 Å².